The van der Waals surface area contributed by atoms with Gasteiger partial charge in [-0.15, -0.1) is 12.4 Å². The van der Waals surface area contributed by atoms with Gasteiger partial charge < -0.3 is 10.2 Å². The Morgan fingerprint density at radius 1 is 1.22 bits per heavy atom. The molecule has 0 aromatic heterocycles. The number of benzene rings is 1. The lowest BCUT2D eigenvalue weighted by Crippen LogP contribution is -2.33. The quantitative estimate of drug-likeness (QED) is 0.910. The first kappa shape index (κ1) is 14.9. The summed E-state index contributed by atoms with van der Waals surface area (Å²) in [6.45, 7) is 3.81. The van der Waals surface area contributed by atoms with Crippen molar-refractivity contribution in [1.29, 1.82) is 0 Å². The van der Waals surface area contributed by atoms with Crippen LogP contribution in [0.5, 0.6) is 0 Å². The number of carbonyl (C=O) groups is 1. The van der Waals surface area contributed by atoms with Gasteiger partial charge in [0.1, 0.15) is 5.82 Å². The van der Waals surface area contributed by atoms with E-state index in [0.29, 0.717) is 12.1 Å². The molecule has 1 aromatic rings. The van der Waals surface area contributed by atoms with E-state index in [1.54, 1.807) is 0 Å². The molecule has 1 heterocycles. The number of carbonyl (C=O) groups excluding carboxylic acids is 1. The van der Waals surface area contributed by atoms with Gasteiger partial charge in [0, 0.05) is 18.7 Å². The van der Waals surface area contributed by atoms with E-state index in [9.17, 15) is 9.18 Å². The smallest absolute Gasteiger partial charge is 0.251 e. The van der Waals surface area contributed by atoms with E-state index in [4.69, 9.17) is 0 Å². The molecule has 2 rings (SSSR count). The van der Waals surface area contributed by atoms with Crippen molar-refractivity contribution in [2.45, 2.75) is 12.8 Å². The fourth-order valence-corrected chi connectivity index (χ4v) is 2.04. The zero-order valence-corrected chi connectivity index (χ0v) is 11.0. The molecular weight excluding hydrogens is 255 g/mol. The van der Waals surface area contributed by atoms with Gasteiger partial charge in [0.2, 0.25) is 0 Å². The number of hydrogen-bond acceptors (Lipinski definition) is 2. The third-order valence-electron chi connectivity index (χ3n) is 3.02. The highest BCUT2D eigenvalue weighted by Crippen LogP contribution is 2.06. The minimum absolute atomic E-state index is 0. The first-order chi connectivity index (χ1) is 8.25. The molecule has 0 spiro atoms. The molecule has 0 atom stereocenters. The molecule has 0 bridgehead atoms. The Morgan fingerprint density at radius 2 is 1.83 bits per heavy atom. The molecule has 1 aliphatic rings. The summed E-state index contributed by atoms with van der Waals surface area (Å²) in [7, 11) is 0. The van der Waals surface area contributed by atoms with Crippen molar-refractivity contribution in [2.75, 3.05) is 26.2 Å². The zero-order chi connectivity index (χ0) is 12.1. The number of likely N-dealkylation sites (tertiary alicyclic amines) is 1. The lowest BCUT2D eigenvalue weighted by atomic mass is 10.2. The molecule has 1 amide bonds. The SMILES string of the molecule is Cl.O=C(NCCN1CCCC1)c1ccc(F)cc1. The highest BCUT2D eigenvalue weighted by atomic mass is 35.5. The van der Waals surface area contributed by atoms with Gasteiger partial charge in [-0.3, -0.25) is 4.79 Å². The molecule has 0 unspecified atom stereocenters. The van der Waals surface area contributed by atoms with Crippen molar-refractivity contribution in [3.8, 4) is 0 Å². The second-order valence-corrected chi connectivity index (χ2v) is 4.31. The Balaban J connectivity index is 0.00000162. The van der Waals surface area contributed by atoms with E-state index in [-0.39, 0.29) is 24.1 Å². The molecule has 0 aliphatic carbocycles. The van der Waals surface area contributed by atoms with Crippen molar-refractivity contribution in [3.05, 3.63) is 35.6 Å². The number of amides is 1. The number of hydrogen-bond donors (Lipinski definition) is 1. The zero-order valence-electron chi connectivity index (χ0n) is 10.2. The van der Waals surface area contributed by atoms with Crippen molar-refractivity contribution in [2.24, 2.45) is 0 Å². The predicted octanol–water partition coefficient (Wildman–Crippen LogP) is 2.07. The number of nitrogens with one attached hydrogen (secondary N) is 1. The van der Waals surface area contributed by atoms with E-state index in [1.807, 2.05) is 0 Å². The minimum Gasteiger partial charge on any atom is -0.351 e. The van der Waals surface area contributed by atoms with Gasteiger partial charge in [-0.25, -0.2) is 4.39 Å². The van der Waals surface area contributed by atoms with Crippen molar-refractivity contribution < 1.29 is 9.18 Å². The second-order valence-electron chi connectivity index (χ2n) is 4.31. The standard InChI is InChI=1S/C13H17FN2O.ClH/c14-12-5-3-11(4-6-12)13(17)15-7-10-16-8-1-2-9-16;/h3-6H,1-2,7-10H2,(H,15,17);1H. The summed E-state index contributed by atoms with van der Waals surface area (Å²) in [4.78, 5) is 14.0. The van der Waals surface area contributed by atoms with Crippen LogP contribution in [0.25, 0.3) is 0 Å². The van der Waals surface area contributed by atoms with E-state index < -0.39 is 0 Å². The molecule has 3 nitrogen and oxygen atoms in total. The van der Waals surface area contributed by atoms with Crippen LogP contribution in [0.1, 0.15) is 23.2 Å². The Hall–Kier alpha value is -1.13. The Labute approximate surface area is 113 Å². The molecular formula is C13H18ClFN2O. The van der Waals surface area contributed by atoms with Crippen LogP contribution in [0.15, 0.2) is 24.3 Å². The van der Waals surface area contributed by atoms with E-state index in [0.717, 1.165) is 19.6 Å². The number of halogens is 2. The monoisotopic (exact) mass is 272 g/mol. The topological polar surface area (TPSA) is 32.3 Å². The molecule has 1 aromatic carbocycles. The molecule has 1 fully saturated rings. The van der Waals surface area contributed by atoms with Gasteiger partial charge in [0.05, 0.1) is 0 Å². The van der Waals surface area contributed by atoms with Gasteiger partial charge in [0.25, 0.3) is 5.91 Å². The van der Waals surface area contributed by atoms with Crippen LogP contribution >= 0.6 is 12.4 Å². The minimum atomic E-state index is -0.321. The van der Waals surface area contributed by atoms with E-state index >= 15 is 0 Å². The van der Waals surface area contributed by atoms with Gasteiger partial charge in [-0.05, 0) is 50.2 Å². The van der Waals surface area contributed by atoms with Crippen molar-refractivity contribution >= 4 is 18.3 Å². The van der Waals surface area contributed by atoms with E-state index in [1.165, 1.54) is 37.1 Å². The maximum atomic E-state index is 12.7. The first-order valence-electron chi connectivity index (χ1n) is 6.02. The van der Waals surface area contributed by atoms with Crippen molar-refractivity contribution in [1.82, 2.24) is 10.2 Å². The second kappa shape index (κ2) is 7.34. The summed E-state index contributed by atoms with van der Waals surface area (Å²) in [5.74, 6) is -0.456. The first-order valence-corrected chi connectivity index (χ1v) is 6.02. The van der Waals surface area contributed by atoms with Gasteiger partial charge >= 0.3 is 0 Å². The summed E-state index contributed by atoms with van der Waals surface area (Å²) < 4.78 is 12.7. The van der Waals surface area contributed by atoms with Gasteiger partial charge in [-0.2, -0.15) is 0 Å². The number of rotatable bonds is 4. The Kier molecular flexibility index (Phi) is 6.09. The predicted molar refractivity (Wildman–Crippen MR) is 71.7 cm³/mol. The lowest BCUT2D eigenvalue weighted by molar-refractivity contribution is 0.0949. The highest BCUT2D eigenvalue weighted by Gasteiger charge is 2.11. The largest absolute Gasteiger partial charge is 0.351 e. The summed E-state index contributed by atoms with van der Waals surface area (Å²) in [6, 6.07) is 5.60. The molecule has 1 saturated heterocycles. The summed E-state index contributed by atoms with van der Waals surface area (Å²) in [5.41, 5.74) is 0.507. The average molecular weight is 273 g/mol. The molecule has 0 radical (unpaired) electrons. The van der Waals surface area contributed by atoms with Crippen LogP contribution in [0.3, 0.4) is 0 Å². The summed E-state index contributed by atoms with van der Waals surface area (Å²) in [5, 5.41) is 2.84. The summed E-state index contributed by atoms with van der Waals surface area (Å²) >= 11 is 0. The van der Waals surface area contributed by atoms with Crippen LogP contribution in [0.2, 0.25) is 0 Å². The molecule has 100 valence electrons. The fraction of sp³-hybridized carbons (Fsp3) is 0.462. The Morgan fingerprint density at radius 3 is 2.44 bits per heavy atom. The van der Waals surface area contributed by atoms with Crippen molar-refractivity contribution in [3.63, 3.8) is 0 Å². The highest BCUT2D eigenvalue weighted by molar-refractivity contribution is 5.94. The third kappa shape index (κ3) is 4.27. The molecule has 18 heavy (non-hydrogen) atoms. The van der Waals surface area contributed by atoms with Crippen LogP contribution in [0, 0.1) is 5.82 Å². The third-order valence-corrected chi connectivity index (χ3v) is 3.02. The van der Waals surface area contributed by atoms with Crippen LogP contribution < -0.4 is 5.32 Å². The van der Waals surface area contributed by atoms with Crippen LogP contribution in [0.4, 0.5) is 4.39 Å². The van der Waals surface area contributed by atoms with Crippen LogP contribution in [-0.4, -0.2) is 37.0 Å². The molecule has 1 aliphatic heterocycles. The maximum absolute atomic E-state index is 12.7. The number of nitrogens with zero attached hydrogens (tertiary/aromatic N) is 1. The summed E-state index contributed by atoms with van der Waals surface area (Å²) in [6.07, 6.45) is 2.51. The Bertz CT molecular complexity index is 377. The fourth-order valence-electron chi connectivity index (χ4n) is 2.04. The average Bonchev–Trinajstić information content (AvgIpc) is 2.83. The molecule has 1 N–H and O–H groups in total. The lowest BCUT2D eigenvalue weighted by Gasteiger charge is -2.14. The normalized spacial score (nSPS) is 15.2. The van der Waals surface area contributed by atoms with Crippen LogP contribution in [-0.2, 0) is 0 Å². The molecule has 0 saturated carbocycles. The maximum Gasteiger partial charge on any atom is 0.251 e. The van der Waals surface area contributed by atoms with Gasteiger partial charge in [-0.1, -0.05) is 0 Å². The van der Waals surface area contributed by atoms with E-state index in [2.05, 4.69) is 10.2 Å². The van der Waals surface area contributed by atoms with Gasteiger partial charge in [0.15, 0.2) is 0 Å². The molecule has 5 heteroatoms.